The highest BCUT2D eigenvalue weighted by Crippen LogP contribution is 2.64. The molecule has 0 bridgehead atoms. The van der Waals surface area contributed by atoms with E-state index >= 15 is 4.39 Å². The maximum Gasteiger partial charge on any atom is 0.335 e. The van der Waals surface area contributed by atoms with Gasteiger partial charge < -0.3 is 19.7 Å². The molecule has 2 N–H and O–H groups in total. The lowest BCUT2D eigenvalue weighted by molar-refractivity contribution is -0.128. The lowest BCUT2D eigenvalue weighted by atomic mass is 9.71. The number of carboxylic acid groups (broad SMARTS) is 1. The summed E-state index contributed by atoms with van der Waals surface area (Å²) in [7, 11) is 1.64. The number of anilines is 1. The number of carbonyl (C=O) groups excluding carboxylic acids is 1. The molecule has 3 aliphatic rings. The number of nitrogens with zero attached hydrogens (tertiary/aromatic N) is 3. The molecule has 1 fully saturated rings. The van der Waals surface area contributed by atoms with Gasteiger partial charge in [-0.3, -0.25) is 9.69 Å². The predicted molar refractivity (Wildman–Crippen MR) is 179 cm³/mol. The van der Waals surface area contributed by atoms with Crippen molar-refractivity contribution < 1.29 is 23.8 Å². The van der Waals surface area contributed by atoms with Gasteiger partial charge in [-0.1, -0.05) is 73.1 Å². The number of ether oxygens (including phenoxy) is 1. The molecule has 240 valence electrons. The lowest BCUT2D eigenvalue weighted by Crippen LogP contribution is -2.52. The number of aromatic carboxylic acids is 1. The number of hydrogen-bond acceptors (Lipinski definition) is 5. The van der Waals surface area contributed by atoms with E-state index in [1.165, 1.54) is 6.07 Å². The molecular weight excluding hydrogens is 642 g/mol. The third kappa shape index (κ3) is 4.52. The van der Waals surface area contributed by atoms with E-state index in [-0.39, 0.29) is 30.0 Å². The Morgan fingerprint density at radius 2 is 1.87 bits per heavy atom. The van der Waals surface area contributed by atoms with Crippen LogP contribution in [0.4, 0.5) is 10.1 Å². The first-order chi connectivity index (χ1) is 22.2. The summed E-state index contributed by atoms with van der Waals surface area (Å²) in [5.41, 5.74) is 3.61. The van der Waals surface area contributed by atoms with Crippen LogP contribution >= 0.6 is 23.2 Å². The number of carboxylic acids is 1. The van der Waals surface area contributed by atoms with Crippen molar-refractivity contribution in [2.45, 2.75) is 50.5 Å². The summed E-state index contributed by atoms with van der Waals surface area (Å²) < 4.78 is 23.8. The molecule has 0 saturated carbocycles. The van der Waals surface area contributed by atoms with Gasteiger partial charge in [0.2, 0.25) is 5.91 Å². The maximum absolute atomic E-state index is 16.3. The highest BCUT2D eigenvalue weighted by atomic mass is 35.5. The summed E-state index contributed by atoms with van der Waals surface area (Å²) in [6.45, 7) is 1.26. The zero-order chi connectivity index (χ0) is 31.9. The Bertz CT molecular complexity index is 2100. The summed E-state index contributed by atoms with van der Waals surface area (Å²) >= 11 is 12.8. The van der Waals surface area contributed by atoms with Crippen molar-refractivity contribution in [2.75, 3.05) is 12.4 Å². The van der Waals surface area contributed by atoms with Crippen molar-refractivity contribution in [3.63, 3.8) is 0 Å². The van der Waals surface area contributed by atoms with Crippen LogP contribution in [0, 0.1) is 5.82 Å². The number of hydrogen-bond donors (Lipinski definition) is 2. The molecule has 1 spiro atoms. The van der Waals surface area contributed by atoms with Gasteiger partial charge in [0, 0.05) is 54.4 Å². The monoisotopic (exact) mass is 672 g/mol. The third-order valence-electron chi connectivity index (χ3n) is 9.73. The van der Waals surface area contributed by atoms with Gasteiger partial charge in [0.15, 0.2) is 0 Å². The molecule has 5 aromatic rings. The van der Waals surface area contributed by atoms with Crippen LogP contribution in [0.3, 0.4) is 0 Å². The number of carbonyl (C=O) groups is 2. The van der Waals surface area contributed by atoms with Crippen molar-refractivity contribution in [2.24, 2.45) is 0 Å². The minimum absolute atomic E-state index is 0. The summed E-state index contributed by atoms with van der Waals surface area (Å²) in [6, 6.07) is 22.8. The van der Waals surface area contributed by atoms with Gasteiger partial charge in [0.25, 0.3) is 0 Å². The molecule has 0 radical (unpaired) electrons. The summed E-state index contributed by atoms with van der Waals surface area (Å²) in [6.07, 6.45) is 0. The number of likely N-dealkylation sites (tertiary alicyclic amines) is 1. The fraction of sp³-hybridized carbons (Fsp3) is 0.250. The Morgan fingerprint density at radius 3 is 2.66 bits per heavy atom. The van der Waals surface area contributed by atoms with Crippen LogP contribution in [0.2, 0.25) is 10.0 Å². The molecule has 8 rings (SSSR count). The Hall–Kier alpha value is -4.28. The second kappa shape index (κ2) is 11.5. The second-order valence-corrected chi connectivity index (χ2v) is 12.9. The first-order valence-electron chi connectivity index (χ1n) is 14.8. The highest BCUT2D eigenvalue weighted by Gasteiger charge is 2.69. The summed E-state index contributed by atoms with van der Waals surface area (Å²) in [5.74, 6) is -2.47. The van der Waals surface area contributed by atoms with Gasteiger partial charge in [0.1, 0.15) is 17.2 Å². The van der Waals surface area contributed by atoms with E-state index in [4.69, 9.17) is 32.9 Å². The lowest BCUT2D eigenvalue weighted by Gasteiger charge is -2.40. The van der Waals surface area contributed by atoms with E-state index in [0.29, 0.717) is 52.9 Å². The van der Waals surface area contributed by atoms with Crippen molar-refractivity contribution >= 4 is 51.8 Å². The molecule has 4 atom stereocenters. The quantitative estimate of drug-likeness (QED) is 0.193. The van der Waals surface area contributed by atoms with Gasteiger partial charge in [-0.05, 0) is 53.1 Å². The number of methoxy groups -OCH3 is 1. The summed E-state index contributed by atoms with van der Waals surface area (Å²) in [5, 5.41) is 13.1. The largest absolute Gasteiger partial charge is 0.478 e. The van der Waals surface area contributed by atoms with E-state index in [2.05, 4.69) is 20.9 Å². The van der Waals surface area contributed by atoms with Gasteiger partial charge >= 0.3 is 5.97 Å². The Labute approximate surface area is 280 Å². The van der Waals surface area contributed by atoms with E-state index in [9.17, 15) is 14.7 Å². The molecule has 1 aromatic heterocycles. The predicted octanol–water partition coefficient (Wildman–Crippen LogP) is 7.58. The van der Waals surface area contributed by atoms with Crippen molar-refractivity contribution in [3.05, 3.63) is 128 Å². The molecule has 0 unspecified atom stereocenters. The Morgan fingerprint density at radius 1 is 1.09 bits per heavy atom. The van der Waals surface area contributed by atoms with E-state index in [1.807, 2.05) is 24.3 Å². The number of rotatable bonds is 6. The standard InChI is InChI=1S/C35H27Cl2FN4O4.CH4/c1-46-17-19-5-2-4-18(12-19)15-42-28-16-41-27-11-8-20(33(43)44)13-26(27)39-32(41)29(28)30(22-6-3-7-24(37)31(22)38)35(42)23-10-9-21(36)14-25(23)40-34(35)45;/h2-14,28-30H,15-17H2,1H3,(H,40,45)(H,43,44);1H4/t28-,29+,30-,35+;/m1./s1. The van der Waals surface area contributed by atoms with Gasteiger partial charge in [-0.2, -0.15) is 0 Å². The number of aromatic nitrogens is 2. The molecule has 8 nitrogen and oxygen atoms in total. The molecular formula is C36H31Cl2FN4O4. The van der Waals surface area contributed by atoms with Gasteiger partial charge in [0.05, 0.1) is 28.2 Å². The molecule has 1 amide bonds. The summed E-state index contributed by atoms with van der Waals surface area (Å²) in [4.78, 5) is 33.6. The van der Waals surface area contributed by atoms with E-state index in [1.54, 1.807) is 49.6 Å². The fourth-order valence-electron chi connectivity index (χ4n) is 8.05. The number of halogens is 3. The maximum atomic E-state index is 16.3. The molecule has 47 heavy (non-hydrogen) atoms. The first-order valence-corrected chi connectivity index (χ1v) is 15.6. The van der Waals surface area contributed by atoms with Crippen LogP contribution < -0.4 is 5.32 Å². The number of benzene rings is 4. The van der Waals surface area contributed by atoms with E-state index < -0.39 is 29.2 Å². The molecule has 1 saturated heterocycles. The molecule has 4 heterocycles. The molecule has 3 aliphatic heterocycles. The van der Waals surface area contributed by atoms with Crippen LogP contribution in [0.5, 0.6) is 0 Å². The topological polar surface area (TPSA) is 96.7 Å². The third-order valence-corrected chi connectivity index (χ3v) is 10.3. The molecule has 11 heteroatoms. The first kappa shape index (κ1) is 31.3. The van der Waals surface area contributed by atoms with Crippen LogP contribution in [0.15, 0.2) is 78.9 Å². The van der Waals surface area contributed by atoms with Crippen LogP contribution in [-0.2, 0) is 34.8 Å². The zero-order valence-electron chi connectivity index (χ0n) is 24.5. The number of imidazole rings is 1. The SMILES string of the molecule is C.COCc1cccc(CN2[C@@H]3Cn4c(nc5cc(C(=O)O)ccc54)[C@@H]3[C@@H](c3cccc(Cl)c3F)[C@@]23C(=O)Nc2cc(Cl)ccc23)c1. The molecule has 0 aliphatic carbocycles. The fourth-order valence-corrected chi connectivity index (χ4v) is 8.41. The zero-order valence-corrected chi connectivity index (χ0v) is 26.0. The van der Waals surface area contributed by atoms with Crippen LogP contribution in [0.1, 0.15) is 57.7 Å². The van der Waals surface area contributed by atoms with Crippen LogP contribution in [0.25, 0.3) is 11.0 Å². The van der Waals surface area contributed by atoms with Crippen molar-refractivity contribution in [3.8, 4) is 0 Å². The van der Waals surface area contributed by atoms with Crippen molar-refractivity contribution in [1.29, 1.82) is 0 Å². The average molecular weight is 674 g/mol. The van der Waals surface area contributed by atoms with Crippen LogP contribution in [-0.4, -0.2) is 44.6 Å². The average Bonchev–Trinajstić information content (AvgIpc) is 3.72. The number of amides is 1. The second-order valence-electron chi connectivity index (χ2n) is 12.1. The minimum Gasteiger partial charge on any atom is -0.478 e. The molecule has 4 aromatic carbocycles. The number of nitrogens with one attached hydrogen (secondary N) is 1. The van der Waals surface area contributed by atoms with Gasteiger partial charge in [-0.15, -0.1) is 0 Å². The smallest absolute Gasteiger partial charge is 0.335 e. The Kier molecular flexibility index (Phi) is 7.63. The number of fused-ring (bicyclic) bond motifs is 7. The van der Waals surface area contributed by atoms with E-state index in [0.717, 1.165) is 16.6 Å². The van der Waals surface area contributed by atoms with Crippen molar-refractivity contribution in [1.82, 2.24) is 14.5 Å². The highest BCUT2D eigenvalue weighted by molar-refractivity contribution is 6.31. The normalized spacial score (nSPS) is 22.6. The Balaban J connectivity index is 0.00000351. The van der Waals surface area contributed by atoms with Gasteiger partial charge in [-0.25, -0.2) is 14.2 Å². The minimum atomic E-state index is -1.35.